The van der Waals surface area contributed by atoms with Gasteiger partial charge in [-0.05, 0) is 20.1 Å². The van der Waals surface area contributed by atoms with Crippen LogP contribution in [-0.4, -0.2) is 28.9 Å². The fourth-order valence-electron chi connectivity index (χ4n) is 0.855. The first-order valence-electron chi connectivity index (χ1n) is 4.09. The van der Waals surface area contributed by atoms with E-state index >= 15 is 0 Å². The minimum absolute atomic E-state index is 0.0000926. The fraction of sp³-hybridized carbons (Fsp3) is 0.778. The zero-order valence-electron chi connectivity index (χ0n) is 8.46. The Kier molecular flexibility index (Phi) is 4.47. The van der Waals surface area contributed by atoms with Crippen LogP contribution in [0.3, 0.4) is 0 Å². The van der Waals surface area contributed by atoms with Crippen LogP contribution in [0.1, 0.15) is 20.8 Å². The molecule has 0 radical (unpaired) electrons. The van der Waals surface area contributed by atoms with Crippen LogP contribution in [-0.2, 0) is 9.59 Å². The van der Waals surface area contributed by atoms with Gasteiger partial charge in [-0.15, -0.1) is 0 Å². The Bertz CT molecular complexity index is 211. The lowest BCUT2D eigenvalue weighted by molar-refractivity contribution is -0.152. The monoisotopic (exact) mass is 204 g/mol. The summed E-state index contributed by atoms with van der Waals surface area (Å²) in [6.07, 6.45) is 1.83. The highest BCUT2D eigenvalue weighted by atomic mass is 32.2. The molecule has 0 aliphatic heterocycles. The quantitative estimate of drug-likeness (QED) is 0.740. The smallest absolute Gasteiger partial charge is 0.309 e. The highest BCUT2D eigenvalue weighted by molar-refractivity contribution is 7.99. The van der Waals surface area contributed by atoms with Crippen LogP contribution in [0.25, 0.3) is 0 Å². The molecule has 76 valence electrons. The highest BCUT2D eigenvalue weighted by Gasteiger charge is 2.37. The van der Waals surface area contributed by atoms with Crippen molar-refractivity contribution in [2.24, 2.45) is 11.3 Å². The highest BCUT2D eigenvalue weighted by Crippen LogP contribution is 2.28. The van der Waals surface area contributed by atoms with Crippen molar-refractivity contribution in [3.8, 4) is 0 Å². The molecule has 0 rings (SSSR count). The first-order valence-corrected chi connectivity index (χ1v) is 5.48. The van der Waals surface area contributed by atoms with E-state index in [1.807, 2.05) is 6.26 Å². The number of hydrogen-bond acceptors (Lipinski definition) is 3. The van der Waals surface area contributed by atoms with Crippen molar-refractivity contribution in [3.63, 3.8) is 0 Å². The van der Waals surface area contributed by atoms with Crippen LogP contribution >= 0.6 is 11.8 Å². The first-order chi connectivity index (χ1) is 5.84. The summed E-state index contributed by atoms with van der Waals surface area (Å²) in [5.41, 5.74) is -0.965. The van der Waals surface area contributed by atoms with Gasteiger partial charge in [0.15, 0.2) is 0 Å². The van der Waals surface area contributed by atoms with Crippen molar-refractivity contribution in [1.82, 2.24) is 0 Å². The Morgan fingerprint density at radius 1 is 1.46 bits per heavy atom. The van der Waals surface area contributed by atoms with Gasteiger partial charge in [0.2, 0.25) is 0 Å². The molecular formula is C9H16O3S. The minimum Gasteiger partial charge on any atom is -0.481 e. The standard InChI is InChI=1S/C9H16O3S/c1-6(7(10)5-13-4)9(2,3)8(11)12/h6H,5H2,1-4H3,(H,11,12). The van der Waals surface area contributed by atoms with Crippen LogP contribution < -0.4 is 0 Å². The Morgan fingerprint density at radius 2 is 1.92 bits per heavy atom. The zero-order valence-corrected chi connectivity index (χ0v) is 9.27. The van der Waals surface area contributed by atoms with Gasteiger partial charge in [0.05, 0.1) is 11.2 Å². The summed E-state index contributed by atoms with van der Waals surface area (Å²) in [7, 11) is 0. The third kappa shape index (κ3) is 3.03. The van der Waals surface area contributed by atoms with Gasteiger partial charge < -0.3 is 5.11 Å². The number of hydrogen-bond donors (Lipinski definition) is 1. The average Bonchev–Trinajstić information content (AvgIpc) is 2.03. The lowest BCUT2D eigenvalue weighted by Gasteiger charge is -2.25. The van der Waals surface area contributed by atoms with Crippen LogP contribution in [0.2, 0.25) is 0 Å². The van der Waals surface area contributed by atoms with E-state index in [1.165, 1.54) is 11.8 Å². The van der Waals surface area contributed by atoms with E-state index in [0.29, 0.717) is 5.75 Å². The van der Waals surface area contributed by atoms with Crippen LogP contribution in [0.5, 0.6) is 0 Å². The molecule has 0 spiro atoms. The summed E-state index contributed by atoms with van der Waals surface area (Å²) in [5, 5.41) is 8.87. The molecule has 0 aliphatic carbocycles. The molecule has 1 unspecified atom stereocenters. The molecule has 0 aliphatic rings. The van der Waals surface area contributed by atoms with Gasteiger partial charge >= 0.3 is 5.97 Å². The predicted molar refractivity (Wildman–Crippen MR) is 54.0 cm³/mol. The van der Waals surface area contributed by atoms with E-state index in [1.54, 1.807) is 20.8 Å². The normalized spacial score (nSPS) is 13.8. The third-order valence-corrected chi connectivity index (χ3v) is 2.98. The van der Waals surface area contributed by atoms with Gasteiger partial charge in [-0.3, -0.25) is 9.59 Å². The summed E-state index contributed by atoms with van der Waals surface area (Å²) in [6, 6.07) is 0. The molecule has 0 saturated heterocycles. The molecule has 0 aromatic carbocycles. The molecule has 0 heterocycles. The van der Waals surface area contributed by atoms with Crippen molar-refractivity contribution in [3.05, 3.63) is 0 Å². The van der Waals surface area contributed by atoms with Crippen molar-refractivity contribution >= 4 is 23.5 Å². The number of carbonyl (C=O) groups excluding carboxylic acids is 1. The first kappa shape index (κ1) is 12.5. The Balaban J connectivity index is 4.48. The van der Waals surface area contributed by atoms with Gasteiger partial charge in [0.1, 0.15) is 5.78 Å². The lowest BCUT2D eigenvalue weighted by Crippen LogP contribution is -2.36. The van der Waals surface area contributed by atoms with Crippen molar-refractivity contribution in [2.45, 2.75) is 20.8 Å². The summed E-state index contributed by atoms with van der Waals surface area (Å²) in [4.78, 5) is 22.2. The molecule has 0 aromatic rings. The van der Waals surface area contributed by atoms with E-state index in [-0.39, 0.29) is 5.78 Å². The molecule has 0 aromatic heterocycles. The van der Waals surface area contributed by atoms with Crippen LogP contribution in [0.15, 0.2) is 0 Å². The molecule has 0 fully saturated rings. The van der Waals surface area contributed by atoms with Crippen molar-refractivity contribution in [2.75, 3.05) is 12.0 Å². The molecule has 1 N–H and O–H groups in total. The fourth-order valence-corrected chi connectivity index (χ4v) is 1.39. The van der Waals surface area contributed by atoms with Gasteiger partial charge in [-0.25, -0.2) is 0 Å². The number of aliphatic carboxylic acids is 1. The predicted octanol–water partition coefficient (Wildman–Crippen LogP) is 1.67. The maximum absolute atomic E-state index is 11.4. The van der Waals surface area contributed by atoms with E-state index in [0.717, 1.165) is 0 Å². The average molecular weight is 204 g/mol. The maximum atomic E-state index is 11.4. The van der Waals surface area contributed by atoms with E-state index in [9.17, 15) is 9.59 Å². The number of rotatable bonds is 5. The summed E-state index contributed by atoms with van der Waals surface area (Å²) < 4.78 is 0. The minimum atomic E-state index is -0.965. The summed E-state index contributed by atoms with van der Waals surface area (Å²) in [6.45, 7) is 4.84. The largest absolute Gasteiger partial charge is 0.481 e. The van der Waals surface area contributed by atoms with E-state index < -0.39 is 17.3 Å². The number of thioether (sulfide) groups is 1. The van der Waals surface area contributed by atoms with Crippen LogP contribution in [0.4, 0.5) is 0 Å². The zero-order chi connectivity index (χ0) is 10.6. The summed E-state index contributed by atoms with van der Waals surface area (Å²) >= 11 is 1.42. The van der Waals surface area contributed by atoms with Crippen LogP contribution in [0, 0.1) is 11.3 Å². The molecular weight excluding hydrogens is 188 g/mol. The molecule has 13 heavy (non-hydrogen) atoms. The van der Waals surface area contributed by atoms with Gasteiger partial charge in [-0.1, -0.05) is 6.92 Å². The lowest BCUT2D eigenvalue weighted by atomic mass is 9.78. The Morgan fingerprint density at radius 3 is 2.23 bits per heavy atom. The number of ketones is 1. The van der Waals surface area contributed by atoms with Gasteiger partial charge in [-0.2, -0.15) is 11.8 Å². The number of carbonyl (C=O) groups is 2. The summed E-state index contributed by atoms with van der Waals surface area (Å²) in [5.74, 6) is -0.968. The third-order valence-electron chi connectivity index (χ3n) is 2.40. The number of carboxylic acids is 1. The SMILES string of the molecule is CSCC(=O)C(C)C(C)(C)C(=O)O. The molecule has 0 bridgehead atoms. The van der Waals surface area contributed by atoms with Crippen molar-refractivity contribution in [1.29, 1.82) is 0 Å². The maximum Gasteiger partial charge on any atom is 0.309 e. The molecule has 1 atom stereocenters. The molecule has 0 saturated carbocycles. The molecule has 0 amide bonds. The number of Topliss-reactive ketones (excluding diaryl/α,β-unsaturated/α-hetero) is 1. The van der Waals surface area contributed by atoms with E-state index in [4.69, 9.17) is 5.11 Å². The molecule has 3 nitrogen and oxygen atoms in total. The second-order valence-corrected chi connectivity index (χ2v) is 4.51. The van der Waals surface area contributed by atoms with E-state index in [2.05, 4.69) is 0 Å². The molecule has 4 heteroatoms. The van der Waals surface area contributed by atoms with Gasteiger partial charge in [0, 0.05) is 5.92 Å². The Labute approximate surface area is 82.9 Å². The Hall–Kier alpha value is -0.510. The van der Waals surface area contributed by atoms with Gasteiger partial charge in [0.25, 0.3) is 0 Å². The second-order valence-electron chi connectivity index (χ2n) is 3.65. The topological polar surface area (TPSA) is 54.4 Å². The van der Waals surface area contributed by atoms with Crippen molar-refractivity contribution < 1.29 is 14.7 Å². The number of carboxylic acid groups (broad SMARTS) is 1. The second kappa shape index (κ2) is 4.65.